The van der Waals surface area contributed by atoms with Crippen molar-refractivity contribution in [2.24, 2.45) is 5.73 Å². The van der Waals surface area contributed by atoms with Crippen LogP contribution in [0.5, 0.6) is 0 Å². The minimum Gasteiger partial charge on any atom is -0.321 e. The van der Waals surface area contributed by atoms with Gasteiger partial charge in [0.15, 0.2) is 0 Å². The van der Waals surface area contributed by atoms with Crippen molar-refractivity contribution in [3.63, 3.8) is 0 Å². The summed E-state index contributed by atoms with van der Waals surface area (Å²) in [6.07, 6.45) is 0. The van der Waals surface area contributed by atoms with E-state index in [-0.39, 0.29) is 11.2 Å². The Balaban J connectivity index is 3.02. The minimum absolute atomic E-state index is 0.0267. The number of carbonyl (C=O) groups excluding carboxylic acids is 1. The molecular weight excluding hydrogens is 174 g/mol. The fraction of sp³-hybridized carbons (Fsp3) is 0.417. The Morgan fingerprint density at radius 1 is 1.29 bits per heavy atom. The third kappa shape index (κ3) is 2.02. The lowest BCUT2D eigenvalue weighted by Gasteiger charge is -2.30. The number of nitrogens with two attached hydrogens (primary N) is 1. The number of hydrogen-bond acceptors (Lipinski definition) is 2. The average molecular weight is 191 g/mol. The first kappa shape index (κ1) is 10.9. The molecule has 0 saturated heterocycles. The SMILES string of the molecule is CC(=O)[C@@H](N)C(C)(C)c1ccccc1. The van der Waals surface area contributed by atoms with E-state index in [0.717, 1.165) is 5.56 Å². The Hall–Kier alpha value is -1.15. The standard InChI is InChI=1S/C12H17NO/c1-9(14)11(13)12(2,3)10-7-5-4-6-8-10/h4-8,11H,13H2,1-3H3/t11-/m1/s1. The predicted octanol–water partition coefficient (Wildman–Crippen LogP) is 1.88. The molecule has 0 aromatic heterocycles. The van der Waals surface area contributed by atoms with Crippen LogP contribution >= 0.6 is 0 Å². The lowest BCUT2D eigenvalue weighted by molar-refractivity contribution is -0.119. The molecule has 1 atom stereocenters. The van der Waals surface area contributed by atoms with Crippen LogP contribution < -0.4 is 5.73 Å². The highest BCUT2D eigenvalue weighted by Crippen LogP contribution is 2.26. The second-order valence-corrected chi connectivity index (χ2v) is 4.18. The fourth-order valence-electron chi connectivity index (χ4n) is 1.56. The number of rotatable bonds is 3. The summed E-state index contributed by atoms with van der Waals surface area (Å²) >= 11 is 0. The maximum atomic E-state index is 11.2. The van der Waals surface area contributed by atoms with Crippen LogP contribution in [0.25, 0.3) is 0 Å². The lowest BCUT2D eigenvalue weighted by atomic mass is 9.77. The van der Waals surface area contributed by atoms with Crippen molar-refractivity contribution in [1.82, 2.24) is 0 Å². The van der Waals surface area contributed by atoms with E-state index < -0.39 is 6.04 Å². The predicted molar refractivity (Wildman–Crippen MR) is 58.1 cm³/mol. The maximum Gasteiger partial charge on any atom is 0.147 e. The third-order valence-corrected chi connectivity index (χ3v) is 2.73. The Bertz CT molecular complexity index is 316. The molecule has 0 aliphatic carbocycles. The Kier molecular flexibility index (Phi) is 3.06. The van der Waals surface area contributed by atoms with Gasteiger partial charge >= 0.3 is 0 Å². The van der Waals surface area contributed by atoms with E-state index in [1.807, 2.05) is 44.2 Å². The Morgan fingerprint density at radius 2 is 1.79 bits per heavy atom. The van der Waals surface area contributed by atoms with Gasteiger partial charge in [-0.05, 0) is 12.5 Å². The van der Waals surface area contributed by atoms with Gasteiger partial charge in [0.25, 0.3) is 0 Å². The Morgan fingerprint density at radius 3 is 2.21 bits per heavy atom. The highest BCUT2D eigenvalue weighted by molar-refractivity contribution is 5.83. The van der Waals surface area contributed by atoms with Gasteiger partial charge in [-0.3, -0.25) is 4.79 Å². The molecule has 0 unspecified atom stereocenters. The normalized spacial score (nSPS) is 13.7. The topological polar surface area (TPSA) is 43.1 Å². The van der Waals surface area contributed by atoms with Crippen molar-refractivity contribution in [1.29, 1.82) is 0 Å². The molecule has 2 heteroatoms. The van der Waals surface area contributed by atoms with Gasteiger partial charge in [-0.15, -0.1) is 0 Å². The van der Waals surface area contributed by atoms with E-state index in [0.29, 0.717) is 0 Å². The summed E-state index contributed by atoms with van der Waals surface area (Å²) in [6.45, 7) is 5.53. The molecule has 0 bridgehead atoms. The highest BCUT2D eigenvalue weighted by atomic mass is 16.1. The molecule has 0 fully saturated rings. The second kappa shape index (κ2) is 3.93. The second-order valence-electron chi connectivity index (χ2n) is 4.18. The summed E-state index contributed by atoms with van der Waals surface area (Å²) in [7, 11) is 0. The molecule has 1 aromatic carbocycles. The van der Waals surface area contributed by atoms with Gasteiger partial charge in [-0.2, -0.15) is 0 Å². The van der Waals surface area contributed by atoms with E-state index >= 15 is 0 Å². The number of ketones is 1. The minimum atomic E-state index is -0.440. The van der Waals surface area contributed by atoms with Crippen LogP contribution in [0.1, 0.15) is 26.3 Å². The molecule has 0 saturated carbocycles. The van der Waals surface area contributed by atoms with Crippen molar-refractivity contribution < 1.29 is 4.79 Å². The third-order valence-electron chi connectivity index (χ3n) is 2.73. The molecule has 2 N–H and O–H groups in total. The van der Waals surface area contributed by atoms with E-state index in [9.17, 15) is 4.79 Å². The van der Waals surface area contributed by atoms with Gasteiger partial charge in [-0.25, -0.2) is 0 Å². The molecule has 0 aliphatic heterocycles. The number of benzene rings is 1. The van der Waals surface area contributed by atoms with Crippen molar-refractivity contribution >= 4 is 5.78 Å². The zero-order valence-corrected chi connectivity index (χ0v) is 8.95. The molecule has 1 aromatic rings. The van der Waals surface area contributed by atoms with Gasteiger partial charge in [0.05, 0.1) is 6.04 Å². The molecule has 76 valence electrons. The van der Waals surface area contributed by atoms with Gasteiger partial charge in [0.1, 0.15) is 5.78 Å². The molecule has 0 amide bonds. The first-order valence-corrected chi connectivity index (χ1v) is 4.78. The molecule has 0 radical (unpaired) electrons. The molecule has 0 aliphatic rings. The number of hydrogen-bond donors (Lipinski definition) is 1. The van der Waals surface area contributed by atoms with Crippen molar-refractivity contribution in [2.75, 3.05) is 0 Å². The van der Waals surface area contributed by atoms with Crippen LogP contribution in [0.3, 0.4) is 0 Å². The zero-order chi connectivity index (χ0) is 10.8. The molecule has 0 heterocycles. The largest absolute Gasteiger partial charge is 0.321 e. The van der Waals surface area contributed by atoms with Crippen LogP contribution in [0.2, 0.25) is 0 Å². The molecule has 1 rings (SSSR count). The maximum absolute atomic E-state index is 11.2. The van der Waals surface area contributed by atoms with E-state index in [1.54, 1.807) is 0 Å². The summed E-state index contributed by atoms with van der Waals surface area (Å²) < 4.78 is 0. The average Bonchev–Trinajstić information content (AvgIpc) is 2.18. The number of carbonyl (C=O) groups is 1. The molecule has 2 nitrogen and oxygen atoms in total. The zero-order valence-electron chi connectivity index (χ0n) is 8.95. The quantitative estimate of drug-likeness (QED) is 0.792. The summed E-state index contributed by atoms with van der Waals surface area (Å²) in [5.41, 5.74) is 6.68. The van der Waals surface area contributed by atoms with Gasteiger partial charge in [-0.1, -0.05) is 44.2 Å². The summed E-state index contributed by atoms with van der Waals surface area (Å²) in [5, 5.41) is 0. The van der Waals surface area contributed by atoms with Crippen molar-refractivity contribution in [3.05, 3.63) is 35.9 Å². The Labute approximate surface area is 85.1 Å². The lowest BCUT2D eigenvalue weighted by Crippen LogP contribution is -2.45. The van der Waals surface area contributed by atoms with Crippen LogP contribution in [0.15, 0.2) is 30.3 Å². The first-order chi connectivity index (χ1) is 6.46. The molecule has 14 heavy (non-hydrogen) atoms. The van der Waals surface area contributed by atoms with Gasteiger partial charge in [0.2, 0.25) is 0 Å². The van der Waals surface area contributed by atoms with Gasteiger partial charge < -0.3 is 5.73 Å². The molecule has 0 spiro atoms. The van der Waals surface area contributed by atoms with E-state index in [2.05, 4.69) is 0 Å². The van der Waals surface area contributed by atoms with E-state index in [4.69, 9.17) is 5.73 Å². The summed E-state index contributed by atoms with van der Waals surface area (Å²) in [5.74, 6) is 0.0267. The summed E-state index contributed by atoms with van der Waals surface area (Å²) in [4.78, 5) is 11.2. The van der Waals surface area contributed by atoms with Gasteiger partial charge in [0, 0.05) is 5.41 Å². The number of Topliss-reactive ketones (excluding diaryl/α,β-unsaturated/α-hetero) is 1. The van der Waals surface area contributed by atoms with E-state index in [1.165, 1.54) is 6.92 Å². The van der Waals surface area contributed by atoms with Crippen molar-refractivity contribution in [3.8, 4) is 0 Å². The van der Waals surface area contributed by atoms with Crippen LogP contribution in [0.4, 0.5) is 0 Å². The fourth-order valence-corrected chi connectivity index (χ4v) is 1.56. The summed E-state index contributed by atoms with van der Waals surface area (Å²) in [6, 6.07) is 9.45. The van der Waals surface area contributed by atoms with Crippen LogP contribution in [0, 0.1) is 0 Å². The molecular formula is C12H17NO. The van der Waals surface area contributed by atoms with Crippen LogP contribution in [-0.4, -0.2) is 11.8 Å². The first-order valence-electron chi connectivity index (χ1n) is 4.78. The smallest absolute Gasteiger partial charge is 0.147 e. The van der Waals surface area contributed by atoms with Crippen molar-refractivity contribution in [2.45, 2.75) is 32.2 Å². The van der Waals surface area contributed by atoms with Crippen LogP contribution in [-0.2, 0) is 10.2 Å². The monoisotopic (exact) mass is 191 g/mol. The highest BCUT2D eigenvalue weighted by Gasteiger charge is 2.31.